The molecule has 0 saturated heterocycles. The summed E-state index contributed by atoms with van der Waals surface area (Å²) in [7, 11) is 0. The summed E-state index contributed by atoms with van der Waals surface area (Å²) in [5.41, 5.74) is 16.2. The Morgan fingerprint density at radius 3 is 2.23 bits per heavy atom. The van der Waals surface area contributed by atoms with Gasteiger partial charge in [0.25, 0.3) is 0 Å². The molecule has 4 aliphatic rings. The van der Waals surface area contributed by atoms with Gasteiger partial charge in [0.1, 0.15) is 0 Å². The number of pyridine rings is 2. The van der Waals surface area contributed by atoms with Crippen LogP contribution >= 0.6 is 0 Å². The van der Waals surface area contributed by atoms with E-state index >= 15 is 0 Å². The van der Waals surface area contributed by atoms with Crippen LogP contribution in [0.1, 0.15) is 58.8 Å². The van der Waals surface area contributed by atoms with E-state index in [0.29, 0.717) is 17.4 Å². The molecule has 0 atom stereocenters. The van der Waals surface area contributed by atoms with Crippen molar-refractivity contribution in [3.05, 3.63) is 183 Å². The zero-order valence-corrected chi connectivity index (χ0v) is 34.8. The first-order valence-electron chi connectivity index (χ1n) is 19.8. The summed E-state index contributed by atoms with van der Waals surface area (Å²) in [4.78, 5) is 4.88. The molecule has 5 aromatic carbocycles. The van der Waals surface area contributed by atoms with E-state index in [4.69, 9.17) is 9.72 Å². The maximum atomic E-state index is 6.63. The van der Waals surface area contributed by atoms with Crippen LogP contribution in [0.5, 0.6) is 11.5 Å². The number of imidazole rings is 1. The molecule has 0 saturated carbocycles. The van der Waals surface area contributed by atoms with Gasteiger partial charge >= 0.3 is 261 Å². The molecule has 5 nitrogen and oxygen atoms in total. The molecule has 284 valence electrons. The minimum absolute atomic E-state index is 0.374. The van der Waals surface area contributed by atoms with Crippen molar-refractivity contribution in [3.63, 3.8) is 0 Å². The van der Waals surface area contributed by atoms with Crippen molar-refractivity contribution >= 4 is 27.3 Å². The zero-order valence-electron chi connectivity index (χ0n) is 32.5. The molecule has 0 N–H and O–H groups in total. The normalized spacial score (nSPS) is 12.9. The molecule has 6 heterocycles. The summed E-state index contributed by atoms with van der Waals surface area (Å²) < 4.78 is 14.7. The van der Waals surface area contributed by atoms with Crippen LogP contribution < -0.4 is 4.74 Å². The summed E-state index contributed by atoms with van der Waals surface area (Å²) in [6.45, 7) is 9.01. The molecule has 0 amide bonds. The summed E-state index contributed by atoms with van der Waals surface area (Å²) in [6, 6.07) is 48.5. The van der Waals surface area contributed by atoms with E-state index in [1.165, 1.54) is 55.7 Å². The van der Waals surface area contributed by atoms with E-state index in [1.54, 1.807) is 0 Å². The van der Waals surface area contributed by atoms with Gasteiger partial charge in [-0.05, 0) is 28.7 Å². The first-order valence-corrected chi connectivity index (χ1v) is 21.0. The van der Waals surface area contributed by atoms with Crippen LogP contribution in [-0.4, -0.2) is 18.5 Å². The van der Waals surface area contributed by atoms with Gasteiger partial charge in [0, 0.05) is 6.20 Å². The maximum absolute atomic E-state index is 6.63. The van der Waals surface area contributed by atoms with Gasteiger partial charge in [-0.2, -0.15) is 0 Å². The summed E-state index contributed by atoms with van der Waals surface area (Å²) in [6.07, 6.45) is 8.17. The molecule has 4 aromatic heterocycles. The van der Waals surface area contributed by atoms with Crippen molar-refractivity contribution in [3.8, 4) is 34.1 Å². The molecular weight excluding hydrogens is 880 g/mol. The molecule has 57 heavy (non-hydrogen) atoms. The molecule has 0 unspecified atom stereocenters. The summed E-state index contributed by atoms with van der Waals surface area (Å²) in [5, 5.41) is 2.24. The standard InChI is InChI=1S/C51H42N4O.Pt/c1-33(2)40-25-26-52-51(28-40)55-48-24-19-41(38-9-6-5-7-10-38)27-47(48)46-23-22-45(30-49(46)55)56-44-12-8-11-43(29-44)53-31-50-39-16-15-36-13-14-37(35(4)34(36)3)17-20-42(21-18-39)54(50)32-53;/h5-14,18-19,21-28,31,33H,15-17,20H2,1-4H3;/q-2;. The Balaban J connectivity index is 1.04. The number of aryl methyl sites for hydroxylation is 4. The van der Waals surface area contributed by atoms with Crippen LogP contribution in [0.25, 0.3) is 50.0 Å². The molecule has 13 rings (SSSR count). The molecule has 4 bridgehead atoms. The van der Waals surface area contributed by atoms with Crippen LogP contribution in [0.4, 0.5) is 0 Å². The number of benzene rings is 5. The fraction of sp³-hybridized carbons (Fsp3) is 0.176. The van der Waals surface area contributed by atoms with Crippen LogP contribution in [0.15, 0.2) is 128 Å². The van der Waals surface area contributed by atoms with Crippen LogP contribution in [0, 0.1) is 29.8 Å². The average Bonchev–Trinajstić information content (AvgIpc) is 3.75. The van der Waals surface area contributed by atoms with E-state index in [9.17, 15) is 0 Å². The fourth-order valence-electron chi connectivity index (χ4n) is 8.55. The average molecular weight is 922 g/mol. The van der Waals surface area contributed by atoms with Crippen molar-refractivity contribution in [1.29, 1.82) is 0 Å². The van der Waals surface area contributed by atoms with E-state index in [2.05, 4.69) is 176 Å². The van der Waals surface area contributed by atoms with E-state index in [1.807, 2.05) is 24.4 Å². The third-order valence-electron chi connectivity index (χ3n) is 11.9. The molecule has 2 aliphatic heterocycles. The Kier molecular flexibility index (Phi) is 8.95. The van der Waals surface area contributed by atoms with Gasteiger partial charge < -0.3 is 0 Å². The Bertz CT molecular complexity index is 3080. The fourth-order valence-corrected chi connectivity index (χ4v) is 9.57. The second-order valence-corrected chi connectivity index (χ2v) is 16.6. The van der Waals surface area contributed by atoms with Gasteiger partial charge in [-0.25, -0.2) is 0 Å². The van der Waals surface area contributed by atoms with Gasteiger partial charge in [-0.1, -0.05) is 50.2 Å². The predicted molar refractivity (Wildman–Crippen MR) is 227 cm³/mol. The Morgan fingerprint density at radius 2 is 1.42 bits per heavy atom. The zero-order chi connectivity index (χ0) is 38.8. The van der Waals surface area contributed by atoms with E-state index < -0.39 is 0 Å². The quantitative estimate of drug-likeness (QED) is 0.156. The first-order chi connectivity index (χ1) is 27.8. The number of rotatable bonds is 6. The molecule has 0 radical (unpaired) electrons. The summed E-state index contributed by atoms with van der Waals surface area (Å²) in [5.74, 6) is 2.50. The SMILES string of the molecule is Cc1c2ccc(c1C)CCc1ccc(c3cn(-c4[c-]c(Oc5[c-]c6c(cc5)c5cc(-c7ccccc7)ccc5n6-c5cc(C(C)C)ccn5)ccc4)[c](=[Pt])n13)CC2. The topological polar surface area (TPSA) is 36.4 Å². The number of ether oxygens (including phenoxy) is 1. The van der Waals surface area contributed by atoms with Gasteiger partial charge in [0.05, 0.1) is 0 Å². The summed E-state index contributed by atoms with van der Waals surface area (Å²) >= 11 is 2.48. The van der Waals surface area contributed by atoms with Crippen LogP contribution in [0.3, 0.4) is 0 Å². The number of aromatic nitrogens is 4. The van der Waals surface area contributed by atoms with Crippen molar-refractivity contribution < 1.29 is 24.1 Å². The number of hydrogen-bond acceptors (Lipinski definition) is 2. The number of hydrogen-bond donors (Lipinski definition) is 0. The Labute approximate surface area is 344 Å². The van der Waals surface area contributed by atoms with Gasteiger partial charge in [0.2, 0.25) is 0 Å². The number of fused-ring (bicyclic) bond motifs is 3. The molecular formula is C51H42N4OPt-2. The van der Waals surface area contributed by atoms with Crippen molar-refractivity contribution in [2.24, 2.45) is 0 Å². The molecule has 6 heteroatoms. The van der Waals surface area contributed by atoms with Crippen LogP contribution in [0.2, 0.25) is 0 Å². The monoisotopic (exact) mass is 921 g/mol. The number of nitrogens with zero attached hydrogens (tertiary/aromatic N) is 4. The Hall–Kier alpha value is -5.77. The molecule has 9 aromatic rings. The second kappa shape index (κ2) is 14.3. The Morgan fingerprint density at radius 1 is 0.667 bits per heavy atom. The van der Waals surface area contributed by atoms with Gasteiger partial charge in [-0.15, -0.1) is 0 Å². The van der Waals surface area contributed by atoms with E-state index in [-0.39, 0.29) is 0 Å². The minimum atomic E-state index is 0.374. The van der Waals surface area contributed by atoms with Gasteiger partial charge in [-0.3, -0.25) is 0 Å². The molecule has 0 spiro atoms. The van der Waals surface area contributed by atoms with Crippen LogP contribution in [-0.2, 0) is 45.0 Å². The molecule has 2 aliphatic carbocycles. The predicted octanol–water partition coefficient (Wildman–Crippen LogP) is 12.0. The first kappa shape index (κ1) is 35.6. The van der Waals surface area contributed by atoms with Crippen molar-refractivity contribution in [2.45, 2.75) is 59.3 Å². The van der Waals surface area contributed by atoms with Crippen molar-refractivity contribution in [1.82, 2.24) is 18.5 Å². The second-order valence-electron chi connectivity index (χ2n) is 15.6. The van der Waals surface area contributed by atoms with Gasteiger partial charge in [0.15, 0.2) is 0 Å². The molecule has 0 fully saturated rings. The van der Waals surface area contributed by atoms with Crippen molar-refractivity contribution in [2.75, 3.05) is 0 Å². The third kappa shape index (κ3) is 6.30. The third-order valence-corrected chi connectivity index (χ3v) is 13.0. The van der Waals surface area contributed by atoms with E-state index in [0.717, 1.165) is 62.8 Å².